The summed E-state index contributed by atoms with van der Waals surface area (Å²) in [6.45, 7) is 8.11. The maximum absolute atomic E-state index is 13.1. The molecule has 0 aliphatic heterocycles. The third-order valence-electron chi connectivity index (χ3n) is 5.10. The molecule has 0 heterocycles. The Hall–Kier alpha value is -2.59. The predicted octanol–water partition coefficient (Wildman–Crippen LogP) is 4.46. The van der Waals surface area contributed by atoms with Crippen LogP contribution in [0.25, 0.3) is 5.57 Å². The Kier molecular flexibility index (Phi) is 5.97. The summed E-state index contributed by atoms with van der Waals surface area (Å²) in [6.07, 6.45) is 0. The molecule has 142 valence electrons. The molecule has 1 atom stereocenters. The number of nitrogens with zero attached hydrogens (tertiary/aromatic N) is 1. The first-order chi connectivity index (χ1) is 13.2. The van der Waals surface area contributed by atoms with Gasteiger partial charge in [-0.15, -0.1) is 0 Å². The molecule has 0 amide bonds. The van der Waals surface area contributed by atoms with E-state index in [1.807, 2.05) is 49.4 Å². The average molecular weight is 365 g/mol. The molecule has 2 aromatic rings. The predicted molar refractivity (Wildman–Crippen MR) is 108 cm³/mol. The van der Waals surface area contributed by atoms with Crippen LogP contribution in [0.4, 0.5) is 0 Å². The van der Waals surface area contributed by atoms with Crippen molar-refractivity contribution in [2.45, 2.75) is 26.8 Å². The lowest BCUT2D eigenvalue weighted by atomic mass is 9.97. The maximum Gasteiger partial charge on any atom is 0.336 e. The van der Waals surface area contributed by atoms with Crippen molar-refractivity contribution in [3.63, 3.8) is 0 Å². The Morgan fingerprint density at radius 1 is 1.04 bits per heavy atom. The molecule has 0 aromatic heterocycles. The third kappa shape index (κ3) is 3.50. The number of carbonyl (C=O) groups is 1. The van der Waals surface area contributed by atoms with E-state index in [1.165, 1.54) is 0 Å². The first-order valence-corrected chi connectivity index (χ1v) is 9.55. The lowest BCUT2D eigenvalue weighted by Gasteiger charge is -2.29. The van der Waals surface area contributed by atoms with E-state index in [0.717, 1.165) is 46.7 Å². The molecule has 0 spiro atoms. The van der Waals surface area contributed by atoms with Crippen LogP contribution in [-0.2, 0) is 9.53 Å². The van der Waals surface area contributed by atoms with Crippen LogP contribution in [0.2, 0.25) is 0 Å². The number of ether oxygens (including phenoxy) is 2. The first kappa shape index (κ1) is 19.2. The molecular weight excluding hydrogens is 338 g/mol. The molecule has 4 nitrogen and oxygen atoms in total. The van der Waals surface area contributed by atoms with Crippen LogP contribution in [0.15, 0.2) is 54.1 Å². The van der Waals surface area contributed by atoms with E-state index in [-0.39, 0.29) is 12.0 Å². The number of benzene rings is 2. The van der Waals surface area contributed by atoms with Crippen LogP contribution in [-0.4, -0.2) is 37.7 Å². The number of methoxy groups -OCH3 is 1. The minimum atomic E-state index is -0.247. The van der Waals surface area contributed by atoms with Crippen molar-refractivity contribution in [3.05, 3.63) is 70.8 Å². The van der Waals surface area contributed by atoms with Crippen molar-refractivity contribution in [2.24, 2.45) is 0 Å². The number of fused-ring (bicyclic) bond motifs is 1. The zero-order valence-electron chi connectivity index (χ0n) is 16.5. The summed E-state index contributed by atoms with van der Waals surface area (Å²) < 4.78 is 10.9. The fraction of sp³-hybridized carbons (Fsp3) is 0.348. The van der Waals surface area contributed by atoms with Crippen molar-refractivity contribution in [1.29, 1.82) is 0 Å². The van der Waals surface area contributed by atoms with E-state index in [9.17, 15) is 4.79 Å². The van der Waals surface area contributed by atoms with Gasteiger partial charge in [0.05, 0.1) is 25.3 Å². The highest BCUT2D eigenvalue weighted by molar-refractivity contribution is 6.06. The summed E-state index contributed by atoms with van der Waals surface area (Å²) in [7, 11) is 1.67. The van der Waals surface area contributed by atoms with Gasteiger partial charge < -0.3 is 9.47 Å². The van der Waals surface area contributed by atoms with Gasteiger partial charge in [0.15, 0.2) is 0 Å². The van der Waals surface area contributed by atoms with Gasteiger partial charge in [0.2, 0.25) is 0 Å². The summed E-state index contributed by atoms with van der Waals surface area (Å²) in [6, 6.07) is 16.0. The number of esters is 1. The van der Waals surface area contributed by atoms with Crippen LogP contribution in [0.1, 0.15) is 43.5 Å². The molecule has 0 bridgehead atoms. The van der Waals surface area contributed by atoms with Gasteiger partial charge in [0, 0.05) is 5.57 Å². The average Bonchev–Trinajstić information content (AvgIpc) is 3.04. The van der Waals surface area contributed by atoms with Crippen molar-refractivity contribution < 1.29 is 14.3 Å². The van der Waals surface area contributed by atoms with Crippen LogP contribution >= 0.6 is 0 Å². The lowest BCUT2D eigenvalue weighted by molar-refractivity contribution is -0.139. The topological polar surface area (TPSA) is 38.8 Å². The molecule has 2 aromatic carbocycles. The molecule has 4 heteroatoms. The normalized spacial score (nSPS) is 15.8. The lowest BCUT2D eigenvalue weighted by Crippen LogP contribution is -2.31. The summed E-state index contributed by atoms with van der Waals surface area (Å²) in [5.41, 5.74) is 4.88. The molecule has 1 aliphatic carbocycles. The largest absolute Gasteiger partial charge is 0.497 e. The van der Waals surface area contributed by atoms with E-state index >= 15 is 0 Å². The van der Waals surface area contributed by atoms with Gasteiger partial charge >= 0.3 is 5.97 Å². The second-order valence-electron chi connectivity index (χ2n) is 6.45. The molecule has 1 unspecified atom stereocenters. The number of carbonyl (C=O) groups excluding carboxylic acids is 1. The smallest absolute Gasteiger partial charge is 0.336 e. The van der Waals surface area contributed by atoms with Crippen molar-refractivity contribution >= 4 is 11.5 Å². The highest BCUT2D eigenvalue weighted by Crippen LogP contribution is 2.48. The fourth-order valence-corrected chi connectivity index (χ4v) is 3.87. The summed E-state index contributed by atoms with van der Waals surface area (Å²) in [5, 5.41) is 0. The molecule has 0 saturated carbocycles. The Labute approximate surface area is 161 Å². The standard InChI is InChI=1S/C23H27NO3/c1-5-24(6-2)22-19-15-17(26-4)13-14-18(19)20(16-11-9-8-10-12-16)21(22)23(25)27-7-3/h8-15,22H,5-7H2,1-4H3. The van der Waals surface area contributed by atoms with E-state index in [0.29, 0.717) is 6.61 Å². The summed E-state index contributed by atoms with van der Waals surface area (Å²) in [5.74, 6) is 0.548. The molecule has 0 fully saturated rings. The molecule has 0 N–H and O–H groups in total. The second-order valence-corrected chi connectivity index (χ2v) is 6.45. The van der Waals surface area contributed by atoms with Crippen LogP contribution in [0.3, 0.4) is 0 Å². The zero-order valence-corrected chi connectivity index (χ0v) is 16.5. The Morgan fingerprint density at radius 3 is 2.33 bits per heavy atom. The quantitative estimate of drug-likeness (QED) is 0.679. The fourth-order valence-electron chi connectivity index (χ4n) is 3.87. The van der Waals surface area contributed by atoms with E-state index in [1.54, 1.807) is 7.11 Å². The Morgan fingerprint density at radius 2 is 1.74 bits per heavy atom. The van der Waals surface area contributed by atoms with Gasteiger partial charge in [-0.05, 0) is 48.8 Å². The Balaban J connectivity index is 2.29. The zero-order chi connectivity index (χ0) is 19.4. The van der Waals surface area contributed by atoms with E-state index < -0.39 is 0 Å². The molecule has 3 rings (SSSR count). The van der Waals surface area contributed by atoms with Crippen LogP contribution in [0.5, 0.6) is 5.75 Å². The van der Waals surface area contributed by atoms with Crippen LogP contribution in [0, 0.1) is 0 Å². The maximum atomic E-state index is 13.1. The monoisotopic (exact) mass is 365 g/mol. The number of hydrogen-bond donors (Lipinski definition) is 0. The minimum Gasteiger partial charge on any atom is -0.497 e. The molecule has 27 heavy (non-hydrogen) atoms. The van der Waals surface area contributed by atoms with Gasteiger partial charge in [-0.25, -0.2) is 4.79 Å². The molecule has 0 saturated heterocycles. The van der Waals surface area contributed by atoms with Gasteiger partial charge in [0.25, 0.3) is 0 Å². The molecule has 0 radical (unpaired) electrons. The second kappa shape index (κ2) is 8.40. The SMILES string of the molecule is CCOC(=O)C1=C(c2ccccc2)c2ccc(OC)cc2C1N(CC)CC. The first-order valence-electron chi connectivity index (χ1n) is 9.55. The highest BCUT2D eigenvalue weighted by atomic mass is 16.5. The van der Waals surface area contributed by atoms with Crippen molar-refractivity contribution in [1.82, 2.24) is 4.90 Å². The summed E-state index contributed by atoms with van der Waals surface area (Å²) in [4.78, 5) is 15.4. The van der Waals surface area contributed by atoms with Crippen molar-refractivity contribution in [3.8, 4) is 5.75 Å². The van der Waals surface area contributed by atoms with E-state index in [4.69, 9.17) is 9.47 Å². The number of rotatable bonds is 7. The van der Waals surface area contributed by atoms with E-state index in [2.05, 4.69) is 24.8 Å². The molecular formula is C23H27NO3. The highest BCUT2D eigenvalue weighted by Gasteiger charge is 2.39. The number of hydrogen-bond acceptors (Lipinski definition) is 4. The van der Waals surface area contributed by atoms with Gasteiger partial charge in [-0.2, -0.15) is 0 Å². The summed E-state index contributed by atoms with van der Waals surface area (Å²) >= 11 is 0. The minimum absolute atomic E-state index is 0.139. The van der Waals surface area contributed by atoms with Gasteiger partial charge in [0.1, 0.15) is 5.75 Å². The van der Waals surface area contributed by atoms with Gasteiger partial charge in [-0.3, -0.25) is 4.90 Å². The van der Waals surface area contributed by atoms with Crippen molar-refractivity contribution in [2.75, 3.05) is 26.8 Å². The number of likely N-dealkylation sites (N-methyl/N-ethyl adjacent to an activating group) is 1. The molecule has 1 aliphatic rings. The third-order valence-corrected chi connectivity index (χ3v) is 5.10. The Bertz CT molecular complexity index is 838. The van der Waals surface area contributed by atoms with Crippen LogP contribution < -0.4 is 4.74 Å². The van der Waals surface area contributed by atoms with Gasteiger partial charge in [-0.1, -0.05) is 50.2 Å².